The summed E-state index contributed by atoms with van der Waals surface area (Å²) < 4.78 is 11.5. The van der Waals surface area contributed by atoms with Crippen LogP contribution in [0.2, 0.25) is 0 Å². The maximum atomic E-state index is 12.1. The van der Waals surface area contributed by atoms with E-state index >= 15 is 0 Å². The molecule has 5 nitrogen and oxygen atoms in total. The van der Waals surface area contributed by atoms with E-state index in [1.807, 2.05) is 24.3 Å². The van der Waals surface area contributed by atoms with E-state index in [2.05, 4.69) is 26.2 Å². The van der Waals surface area contributed by atoms with Crippen LogP contribution in [0.3, 0.4) is 0 Å². The summed E-state index contributed by atoms with van der Waals surface area (Å²) in [4.78, 5) is 17.4. The van der Waals surface area contributed by atoms with Crippen LogP contribution in [0.4, 0.5) is 5.69 Å². The average Bonchev–Trinajstić information content (AvgIpc) is 2.58. The quantitative estimate of drug-likeness (QED) is 0.500. The van der Waals surface area contributed by atoms with Gasteiger partial charge in [-0.1, -0.05) is 15.9 Å². The number of carbonyl (C=O) groups is 1. The minimum atomic E-state index is -0.0656. The highest BCUT2D eigenvalue weighted by molar-refractivity contribution is 9.10. The summed E-state index contributed by atoms with van der Waals surface area (Å²) in [5, 5.41) is 2.84. The average molecular weight is 411 g/mol. The van der Waals surface area contributed by atoms with Crippen molar-refractivity contribution in [3.8, 4) is 5.88 Å². The van der Waals surface area contributed by atoms with Crippen LogP contribution in [-0.2, 0) is 9.53 Å². The maximum Gasteiger partial charge on any atom is 0.237 e. The van der Waals surface area contributed by atoms with E-state index in [-0.39, 0.29) is 5.91 Å². The van der Waals surface area contributed by atoms with Gasteiger partial charge in [0.15, 0.2) is 0 Å². The topological polar surface area (TPSA) is 60.5 Å². The summed E-state index contributed by atoms with van der Waals surface area (Å²) in [6.07, 6.45) is 2.04. The maximum absolute atomic E-state index is 12.1. The highest BCUT2D eigenvalue weighted by Gasteiger charge is 2.09. The number of carbonyl (C=O) groups excluding carboxylic acids is 1. The fourth-order valence-electron chi connectivity index (χ4n) is 1.83. The number of amides is 1. The molecule has 128 valence electrons. The van der Waals surface area contributed by atoms with Gasteiger partial charge in [-0.25, -0.2) is 4.98 Å². The van der Waals surface area contributed by atoms with Gasteiger partial charge in [-0.2, -0.15) is 0 Å². The minimum absolute atomic E-state index is 0.0656. The first kappa shape index (κ1) is 18.8. The number of pyridine rings is 1. The molecule has 0 aliphatic rings. The number of methoxy groups -OCH3 is 1. The minimum Gasteiger partial charge on any atom is -0.474 e. The molecular formula is C17H19BrN2O3S. The van der Waals surface area contributed by atoms with E-state index in [1.54, 1.807) is 37.2 Å². The summed E-state index contributed by atoms with van der Waals surface area (Å²) in [5.41, 5.74) is 0.576. The number of hydrogen-bond donors (Lipinski definition) is 1. The highest BCUT2D eigenvalue weighted by atomic mass is 79.9. The van der Waals surface area contributed by atoms with Crippen molar-refractivity contribution in [2.75, 3.05) is 31.4 Å². The third-order valence-electron chi connectivity index (χ3n) is 2.98. The normalized spacial score (nSPS) is 10.4. The summed E-state index contributed by atoms with van der Waals surface area (Å²) in [6, 6.07) is 11.6. The second kappa shape index (κ2) is 10.3. The van der Waals surface area contributed by atoms with Crippen LogP contribution < -0.4 is 10.1 Å². The molecule has 1 N–H and O–H groups in total. The third-order valence-corrected chi connectivity index (χ3v) is 4.53. The Kier molecular flexibility index (Phi) is 8.07. The molecule has 0 fully saturated rings. The molecule has 0 unspecified atom stereocenters. The molecular weight excluding hydrogens is 392 g/mol. The standard InChI is InChI=1S/C17H19BrN2O3S/c1-22-10-11-23-17-15(3-2-9-19-17)20-16(21)8-12-24-14-6-4-13(18)5-7-14/h2-7,9H,8,10-12H2,1H3,(H,20,21). The Labute approximate surface area is 154 Å². The van der Waals surface area contributed by atoms with Gasteiger partial charge in [-0.05, 0) is 36.4 Å². The number of rotatable bonds is 9. The van der Waals surface area contributed by atoms with Crippen molar-refractivity contribution in [3.05, 3.63) is 47.1 Å². The first-order chi connectivity index (χ1) is 11.7. The zero-order valence-corrected chi connectivity index (χ0v) is 15.7. The van der Waals surface area contributed by atoms with Crippen LogP contribution in [0.25, 0.3) is 0 Å². The summed E-state index contributed by atoms with van der Waals surface area (Å²) in [5.74, 6) is 1.04. The van der Waals surface area contributed by atoms with E-state index in [9.17, 15) is 4.79 Å². The predicted octanol–water partition coefficient (Wildman–Crippen LogP) is 3.99. The predicted molar refractivity (Wildman–Crippen MR) is 99.7 cm³/mol. The fraction of sp³-hybridized carbons (Fsp3) is 0.294. The van der Waals surface area contributed by atoms with Crippen molar-refractivity contribution in [1.82, 2.24) is 4.98 Å². The molecule has 24 heavy (non-hydrogen) atoms. The number of nitrogens with one attached hydrogen (secondary N) is 1. The van der Waals surface area contributed by atoms with E-state index in [0.717, 1.165) is 9.37 Å². The molecule has 0 saturated carbocycles. The number of hydrogen-bond acceptors (Lipinski definition) is 5. The van der Waals surface area contributed by atoms with E-state index in [0.29, 0.717) is 37.0 Å². The molecule has 1 aromatic heterocycles. The Hall–Kier alpha value is -1.57. The first-order valence-electron chi connectivity index (χ1n) is 7.44. The van der Waals surface area contributed by atoms with Crippen LogP contribution in [-0.4, -0.2) is 37.0 Å². The van der Waals surface area contributed by atoms with E-state index in [4.69, 9.17) is 9.47 Å². The van der Waals surface area contributed by atoms with Crippen molar-refractivity contribution < 1.29 is 14.3 Å². The van der Waals surface area contributed by atoms with Crippen molar-refractivity contribution in [1.29, 1.82) is 0 Å². The Morgan fingerprint density at radius 1 is 1.25 bits per heavy atom. The number of aromatic nitrogens is 1. The molecule has 2 rings (SSSR count). The van der Waals surface area contributed by atoms with Gasteiger partial charge in [0.2, 0.25) is 11.8 Å². The number of ether oxygens (including phenoxy) is 2. The largest absolute Gasteiger partial charge is 0.474 e. The lowest BCUT2D eigenvalue weighted by molar-refractivity contribution is -0.115. The molecule has 0 aliphatic heterocycles. The SMILES string of the molecule is COCCOc1ncccc1NC(=O)CCSc1ccc(Br)cc1. The van der Waals surface area contributed by atoms with Crippen molar-refractivity contribution >= 4 is 39.3 Å². The summed E-state index contributed by atoms with van der Waals surface area (Å²) in [7, 11) is 1.60. The van der Waals surface area contributed by atoms with Gasteiger partial charge in [0.1, 0.15) is 12.3 Å². The Morgan fingerprint density at radius 3 is 2.79 bits per heavy atom. The Morgan fingerprint density at radius 2 is 2.04 bits per heavy atom. The molecule has 0 saturated heterocycles. The summed E-state index contributed by atoms with van der Waals surface area (Å²) >= 11 is 5.05. The van der Waals surface area contributed by atoms with Gasteiger partial charge in [-0.15, -0.1) is 11.8 Å². The van der Waals surface area contributed by atoms with Crippen molar-refractivity contribution in [2.45, 2.75) is 11.3 Å². The number of thioether (sulfide) groups is 1. The molecule has 2 aromatic rings. The van der Waals surface area contributed by atoms with Crippen LogP contribution in [0.1, 0.15) is 6.42 Å². The van der Waals surface area contributed by atoms with Crippen LogP contribution in [0.15, 0.2) is 52.0 Å². The number of nitrogens with zero attached hydrogens (tertiary/aromatic N) is 1. The van der Waals surface area contributed by atoms with Gasteiger partial charge in [0.05, 0.1) is 6.61 Å². The van der Waals surface area contributed by atoms with Crippen LogP contribution in [0.5, 0.6) is 5.88 Å². The number of halogens is 1. The number of anilines is 1. The Bertz CT molecular complexity index is 653. The van der Waals surface area contributed by atoms with Crippen LogP contribution in [0, 0.1) is 0 Å². The van der Waals surface area contributed by atoms with Gasteiger partial charge in [-0.3, -0.25) is 4.79 Å². The first-order valence-corrected chi connectivity index (χ1v) is 9.22. The molecule has 1 aromatic carbocycles. The van der Waals surface area contributed by atoms with E-state index < -0.39 is 0 Å². The zero-order valence-electron chi connectivity index (χ0n) is 13.3. The molecule has 7 heteroatoms. The second-order valence-electron chi connectivity index (χ2n) is 4.80. The molecule has 1 amide bonds. The molecule has 0 spiro atoms. The summed E-state index contributed by atoms with van der Waals surface area (Å²) in [6.45, 7) is 0.851. The lowest BCUT2D eigenvalue weighted by Crippen LogP contribution is -2.14. The molecule has 0 bridgehead atoms. The van der Waals surface area contributed by atoms with Gasteiger partial charge in [0, 0.05) is 34.8 Å². The lowest BCUT2D eigenvalue weighted by atomic mass is 10.3. The van der Waals surface area contributed by atoms with Crippen LogP contribution >= 0.6 is 27.7 Å². The van der Waals surface area contributed by atoms with Crippen molar-refractivity contribution in [2.24, 2.45) is 0 Å². The molecule has 0 aliphatic carbocycles. The zero-order chi connectivity index (χ0) is 17.2. The smallest absolute Gasteiger partial charge is 0.237 e. The highest BCUT2D eigenvalue weighted by Crippen LogP contribution is 2.23. The van der Waals surface area contributed by atoms with Gasteiger partial charge in [0.25, 0.3) is 0 Å². The lowest BCUT2D eigenvalue weighted by Gasteiger charge is -2.11. The molecule has 0 radical (unpaired) electrons. The fourth-order valence-corrected chi connectivity index (χ4v) is 2.94. The number of benzene rings is 1. The molecule has 1 heterocycles. The monoisotopic (exact) mass is 410 g/mol. The second-order valence-corrected chi connectivity index (χ2v) is 6.88. The van der Waals surface area contributed by atoms with Crippen molar-refractivity contribution in [3.63, 3.8) is 0 Å². The Balaban J connectivity index is 1.80. The third kappa shape index (κ3) is 6.51. The van der Waals surface area contributed by atoms with Gasteiger partial charge < -0.3 is 14.8 Å². The van der Waals surface area contributed by atoms with Gasteiger partial charge >= 0.3 is 0 Å². The molecule has 0 atom stereocenters. The van der Waals surface area contributed by atoms with E-state index in [1.165, 1.54) is 0 Å².